The number of hydrogen-bond donors (Lipinski definition) is 1. The summed E-state index contributed by atoms with van der Waals surface area (Å²) in [6, 6.07) is 6.25. The first-order valence-electron chi connectivity index (χ1n) is 7.00. The molecule has 0 aliphatic heterocycles. The summed E-state index contributed by atoms with van der Waals surface area (Å²) in [5, 5.41) is 17.1. The second kappa shape index (κ2) is 6.90. The van der Waals surface area contributed by atoms with Crippen molar-refractivity contribution in [3.8, 4) is 5.75 Å². The van der Waals surface area contributed by atoms with E-state index in [2.05, 4.69) is 10.4 Å². The van der Waals surface area contributed by atoms with Crippen LogP contribution in [0.3, 0.4) is 0 Å². The molecule has 126 valence electrons. The number of hydrogen-bond acceptors (Lipinski definition) is 6. The third kappa shape index (κ3) is 3.57. The van der Waals surface area contributed by atoms with E-state index in [4.69, 9.17) is 4.74 Å². The molecule has 0 aliphatic rings. The maximum atomic E-state index is 12.0. The Bertz CT molecular complexity index is 795. The zero-order valence-electron chi connectivity index (χ0n) is 13.4. The molecule has 0 aliphatic carbocycles. The second-order valence-electron chi connectivity index (χ2n) is 5.04. The Morgan fingerprint density at radius 3 is 2.42 bits per heavy atom. The zero-order valence-corrected chi connectivity index (χ0v) is 13.4. The summed E-state index contributed by atoms with van der Waals surface area (Å²) >= 11 is 0. The van der Waals surface area contributed by atoms with E-state index in [0.717, 1.165) is 0 Å². The Morgan fingerprint density at radius 1 is 1.29 bits per heavy atom. The van der Waals surface area contributed by atoms with Gasteiger partial charge in [-0.25, -0.2) is 0 Å². The summed E-state index contributed by atoms with van der Waals surface area (Å²) in [7, 11) is 1.51. The third-order valence-electron chi connectivity index (χ3n) is 3.42. The maximum absolute atomic E-state index is 12.0. The molecule has 0 atom stereocenters. The highest BCUT2D eigenvalue weighted by Crippen LogP contribution is 2.21. The predicted octanol–water partition coefficient (Wildman–Crippen LogP) is 1.37. The van der Waals surface area contributed by atoms with Gasteiger partial charge >= 0.3 is 5.69 Å². The fraction of sp³-hybridized carbons (Fsp3) is 0.267. The van der Waals surface area contributed by atoms with E-state index >= 15 is 0 Å². The third-order valence-corrected chi connectivity index (χ3v) is 3.42. The molecule has 1 aromatic heterocycles. The molecular formula is C15H16N4O5. The van der Waals surface area contributed by atoms with Gasteiger partial charge in [-0.1, -0.05) is 0 Å². The minimum absolute atomic E-state index is 0.135. The average Bonchev–Trinajstić information content (AvgIpc) is 2.81. The highest BCUT2D eigenvalue weighted by molar-refractivity contribution is 6.04. The number of benzene rings is 1. The zero-order chi connectivity index (χ0) is 17.9. The van der Waals surface area contributed by atoms with E-state index < -0.39 is 16.7 Å². The summed E-state index contributed by atoms with van der Waals surface area (Å²) in [6.45, 7) is 2.70. The van der Waals surface area contributed by atoms with Crippen LogP contribution in [0.15, 0.2) is 24.3 Å². The smallest absolute Gasteiger partial charge is 0.312 e. The van der Waals surface area contributed by atoms with E-state index in [1.807, 2.05) is 0 Å². The topological polar surface area (TPSA) is 116 Å². The van der Waals surface area contributed by atoms with Gasteiger partial charge in [0.2, 0.25) is 5.91 Å². The minimum Gasteiger partial charge on any atom is -0.497 e. The molecular weight excluding hydrogens is 316 g/mol. The lowest BCUT2D eigenvalue weighted by molar-refractivity contribution is -0.386. The molecule has 0 saturated heterocycles. The molecule has 0 fully saturated rings. The molecule has 0 radical (unpaired) electrons. The normalized spacial score (nSPS) is 10.3. The molecule has 9 heteroatoms. The number of aromatic nitrogens is 2. The molecule has 9 nitrogen and oxygen atoms in total. The molecule has 0 spiro atoms. The van der Waals surface area contributed by atoms with Gasteiger partial charge < -0.3 is 4.74 Å². The first-order valence-corrected chi connectivity index (χ1v) is 7.00. The van der Waals surface area contributed by atoms with Gasteiger partial charge in [0.1, 0.15) is 23.7 Å². The van der Waals surface area contributed by atoms with Crippen molar-refractivity contribution in [2.75, 3.05) is 7.11 Å². The molecule has 2 rings (SSSR count). The number of rotatable bonds is 5. The van der Waals surface area contributed by atoms with Crippen LogP contribution < -0.4 is 10.1 Å². The lowest BCUT2D eigenvalue weighted by atomic mass is 10.2. The van der Waals surface area contributed by atoms with Gasteiger partial charge in [-0.3, -0.25) is 29.7 Å². The van der Waals surface area contributed by atoms with Crippen LogP contribution in [-0.4, -0.2) is 33.6 Å². The lowest BCUT2D eigenvalue weighted by Crippen LogP contribution is -2.33. The fourth-order valence-corrected chi connectivity index (χ4v) is 2.22. The van der Waals surface area contributed by atoms with Crippen molar-refractivity contribution in [2.24, 2.45) is 0 Å². The summed E-state index contributed by atoms with van der Waals surface area (Å²) in [5.41, 5.74) is 0.629. The molecule has 2 amide bonds. The molecule has 1 heterocycles. The molecule has 0 saturated carbocycles. The van der Waals surface area contributed by atoms with Crippen molar-refractivity contribution in [1.29, 1.82) is 0 Å². The average molecular weight is 332 g/mol. The van der Waals surface area contributed by atoms with Gasteiger partial charge in [0.25, 0.3) is 5.91 Å². The van der Waals surface area contributed by atoms with E-state index in [1.165, 1.54) is 37.8 Å². The number of amides is 2. The van der Waals surface area contributed by atoms with Crippen LogP contribution in [0, 0.1) is 24.0 Å². The highest BCUT2D eigenvalue weighted by Gasteiger charge is 2.23. The van der Waals surface area contributed by atoms with Gasteiger partial charge in [0.05, 0.1) is 12.0 Å². The molecule has 24 heavy (non-hydrogen) atoms. The summed E-state index contributed by atoms with van der Waals surface area (Å²) in [5.74, 6) is -0.595. The van der Waals surface area contributed by atoms with Crippen LogP contribution in [0.2, 0.25) is 0 Å². The first kappa shape index (κ1) is 17.1. The van der Waals surface area contributed by atoms with Gasteiger partial charge in [-0.15, -0.1) is 0 Å². The Labute approximate surface area is 137 Å². The summed E-state index contributed by atoms with van der Waals surface area (Å²) in [4.78, 5) is 34.4. The number of nitrogens with zero attached hydrogens (tertiary/aromatic N) is 3. The number of imide groups is 1. The number of nitro groups is 1. The fourth-order valence-electron chi connectivity index (χ4n) is 2.22. The van der Waals surface area contributed by atoms with Crippen LogP contribution in [0.25, 0.3) is 0 Å². The lowest BCUT2D eigenvalue weighted by Gasteiger charge is -2.06. The molecule has 1 N–H and O–H groups in total. The van der Waals surface area contributed by atoms with Crippen LogP contribution >= 0.6 is 0 Å². The number of aryl methyl sites for hydroxylation is 1. The van der Waals surface area contributed by atoms with E-state index in [-0.39, 0.29) is 23.6 Å². The van der Waals surface area contributed by atoms with Crippen LogP contribution in [0.1, 0.15) is 21.7 Å². The Kier molecular flexibility index (Phi) is 4.93. The molecule has 1 aromatic carbocycles. The van der Waals surface area contributed by atoms with Crippen LogP contribution in [0.4, 0.5) is 5.69 Å². The predicted molar refractivity (Wildman–Crippen MR) is 83.8 cm³/mol. The molecule has 2 aromatic rings. The number of ether oxygens (including phenoxy) is 1. The minimum atomic E-state index is -0.615. The van der Waals surface area contributed by atoms with E-state index in [9.17, 15) is 19.7 Å². The Morgan fingerprint density at radius 2 is 1.92 bits per heavy atom. The quantitative estimate of drug-likeness (QED) is 0.653. The van der Waals surface area contributed by atoms with Crippen LogP contribution in [-0.2, 0) is 11.3 Å². The van der Waals surface area contributed by atoms with Crippen molar-refractivity contribution >= 4 is 17.5 Å². The Balaban J connectivity index is 2.06. The van der Waals surface area contributed by atoms with E-state index in [1.54, 1.807) is 12.1 Å². The van der Waals surface area contributed by atoms with Crippen molar-refractivity contribution < 1.29 is 19.2 Å². The van der Waals surface area contributed by atoms with Gasteiger partial charge in [-0.2, -0.15) is 5.10 Å². The number of methoxy groups -OCH3 is 1. The van der Waals surface area contributed by atoms with Crippen molar-refractivity contribution in [3.05, 3.63) is 51.3 Å². The van der Waals surface area contributed by atoms with Crippen molar-refractivity contribution in [2.45, 2.75) is 20.4 Å². The first-order chi connectivity index (χ1) is 11.3. The molecule has 0 unspecified atom stereocenters. The van der Waals surface area contributed by atoms with Gasteiger partial charge in [-0.05, 0) is 38.1 Å². The van der Waals surface area contributed by atoms with Gasteiger partial charge in [0, 0.05) is 5.56 Å². The summed E-state index contributed by atoms with van der Waals surface area (Å²) in [6.07, 6.45) is 0. The molecule has 0 bridgehead atoms. The standard InChI is InChI=1S/C15H16N4O5/c1-9-14(19(22)23)10(2)18(17-9)8-13(20)16-15(21)11-4-6-12(24-3)7-5-11/h4-7H,8H2,1-3H3,(H,16,20,21). The monoisotopic (exact) mass is 332 g/mol. The highest BCUT2D eigenvalue weighted by atomic mass is 16.6. The van der Waals surface area contributed by atoms with Crippen LogP contribution in [0.5, 0.6) is 5.75 Å². The largest absolute Gasteiger partial charge is 0.497 e. The number of carbonyl (C=O) groups excluding carboxylic acids is 2. The van der Waals surface area contributed by atoms with Gasteiger partial charge in [0.15, 0.2) is 0 Å². The number of carbonyl (C=O) groups is 2. The Hall–Kier alpha value is -3.23. The summed E-state index contributed by atoms with van der Waals surface area (Å²) < 4.78 is 6.19. The number of nitrogens with one attached hydrogen (secondary N) is 1. The van der Waals surface area contributed by atoms with Crippen molar-refractivity contribution in [3.63, 3.8) is 0 Å². The maximum Gasteiger partial charge on any atom is 0.312 e. The van der Waals surface area contributed by atoms with E-state index in [0.29, 0.717) is 11.3 Å². The van der Waals surface area contributed by atoms with Crippen molar-refractivity contribution in [1.82, 2.24) is 15.1 Å². The second-order valence-corrected chi connectivity index (χ2v) is 5.04. The SMILES string of the molecule is COc1ccc(C(=O)NC(=O)Cn2nc(C)c([N+](=O)[O-])c2C)cc1.